The van der Waals surface area contributed by atoms with Crippen molar-refractivity contribution in [3.63, 3.8) is 0 Å². The number of allylic oxidation sites excluding steroid dienone is 4. The van der Waals surface area contributed by atoms with Gasteiger partial charge >= 0.3 is 17.9 Å². The SMILES string of the molecule is CCCCCC/C=C\CCCCCCCC(=O)OC(COC(=O)CCCCCCCCCCCC)COC(=O)CCCCCCCCCCCCCCC/C=C\CCCCCCCCCC. The minimum absolute atomic E-state index is 0.0704. The smallest absolute Gasteiger partial charge is 0.306 e. The van der Waals surface area contributed by atoms with Crippen molar-refractivity contribution in [3.05, 3.63) is 24.3 Å². The van der Waals surface area contributed by atoms with Crippen LogP contribution in [0.25, 0.3) is 0 Å². The van der Waals surface area contributed by atoms with E-state index in [4.69, 9.17) is 14.2 Å². The van der Waals surface area contributed by atoms with E-state index in [9.17, 15) is 14.4 Å². The summed E-state index contributed by atoms with van der Waals surface area (Å²) in [6, 6.07) is 0. The highest BCUT2D eigenvalue weighted by molar-refractivity contribution is 5.71. The Bertz CT molecular complexity index is 1070. The minimum atomic E-state index is -0.770. The number of unbranched alkanes of at least 4 members (excludes halogenated alkanes) is 39. The van der Waals surface area contributed by atoms with Crippen molar-refractivity contribution in [2.75, 3.05) is 13.2 Å². The molecule has 388 valence electrons. The normalized spacial score (nSPS) is 12.1. The highest BCUT2D eigenvalue weighted by Crippen LogP contribution is 2.17. The first-order valence-corrected chi connectivity index (χ1v) is 29.3. The van der Waals surface area contributed by atoms with Crippen LogP contribution in [-0.4, -0.2) is 37.2 Å². The molecule has 0 fully saturated rings. The standard InChI is InChI=1S/C60H112O6/c1-4-7-10-13-16-19-22-24-25-26-27-28-29-30-31-32-33-34-35-37-38-41-44-47-50-53-59(62)65-56-57(55-64-58(61)52-49-46-43-40-21-18-15-12-9-6-3)66-60(63)54-51-48-45-42-39-36-23-20-17-14-11-8-5-2/h20,23,26-27,57H,4-19,21-22,24-25,28-56H2,1-3H3/b23-20-,27-26-. The van der Waals surface area contributed by atoms with Gasteiger partial charge in [0, 0.05) is 19.3 Å². The molecule has 66 heavy (non-hydrogen) atoms. The second kappa shape index (κ2) is 55.5. The van der Waals surface area contributed by atoms with Gasteiger partial charge in [-0.25, -0.2) is 0 Å². The number of hydrogen-bond donors (Lipinski definition) is 0. The molecule has 1 unspecified atom stereocenters. The van der Waals surface area contributed by atoms with Gasteiger partial charge in [0.05, 0.1) is 0 Å². The lowest BCUT2D eigenvalue weighted by Crippen LogP contribution is -2.30. The van der Waals surface area contributed by atoms with E-state index < -0.39 is 6.10 Å². The van der Waals surface area contributed by atoms with Crippen molar-refractivity contribution in [1.82, 2.24) is 0 Å². The van der Waals surface area contributed by atoms with Crippen LogP contribution >= 0.6 is 0 Å². The van der Waals surface area contributed by atoms with Gasteiger partial charge in [0.15, 0.2) is 6.10 Å². The van der Waals surface area contributed by atoms with E-state index in [2.05, 4.69) is 45.1 Å². The minimum Gasteiger partial charge on any atom is -0.462 e. The largest absolute Gasteiger partial charge is 0.462 e. The monoisotopic (exact) mass is 929 g/mol. The molecule has 0 radical (unpaired) electrons. The highest BCUT2D eigenvalue weighted by atomic mass is 16.6. The number of hydrogen-bond acceptors (Lipinski definition) is 6. The Morgan fingerprint density at radius 3 is 0.773 bits per heavy atom. The predicted octanol–water partition coefficient (Wildman–Crippen LogP) is 19.5. The summed E-state index contributed by atoms with van der Waals surface area (Å²) in [5.74, 6) is -0.864. The molecule has 0 heterocycles. The Balaban J connectivity index is 4.15. The number of ether oxygens (including phenoxy) is 3. The molecule has 0 bridgehead atoms. The highest BCUT2D eigenvalue weighted by Gasteiger charge is 2.19. The van der Waals surface area contributed by atoms with Crippen molar-refractivity contribution in [1.29, 1.82) is 0 Å². The van der Waals surface area contributed by atoms with Crippen LogP contribution in [0.5, 0.6) is 0 Å². The Morgan fingerprint density at radius 1 is 0.288 bits per heavy atom. The fraction of sp³-hybridized carbons (Fsp3) is 0.883. The van der Waals surface area contributed by atoms with Gasteiger partial charge in [-0.15, -0.1) is 0 Å². The van der Waals surface area contributed by atoms with Gasteiger partial charge in [0.25, 0.3) is 0 Å². The van der Waals surface area contributed by atoms with Crippen molar-refractivity contribution >= 4 is 17.9 Å². The molecule has 6 heteroatoms. The third-order valence-electron chi connectivity index (χ3n) is 13.2. The summed E-state index contributed by atoms with van der Waals surface area (Å²) in [6.07, 6.45) is 64.7. The molecule has 0 saturated heterocycles. The van der Waals surface area contributed by atoms with Crippen LogP contribution < -0.4 is 0 Å². The van der Waals surface area contributed by atoms with Gasteiger partial charge < -0.3 is 14.2 Å². The third kappa shape index (κ3) is 52.9. The molecule has 0 spiro atoms. The molecule has 0 aromatic rings. The first-order valence-electron chi connectivity index (χ1n) is 29.3. The zero-order valence-corrected chi connectivity index (χ0v) is 44.5. The van der Waals surface area contributed by atoms with E-state index in [1.54, 1.807) is 0 Å². The van der Waals surface area contributed by atoms with Gasteiger partial charge in [-0.3, -0.25) is 14.4 Å². The van der Waals surface area contributed by atoms with E-state index in [0.717, 1.165) is 64.2 Å². The molecule has 0 N–H and O–H groups in total. The molecule has 0 saturated carbocycles. The maximum Gasteiger partial charge on any atom is 0.306 e. The molecule has 0 aliphatic rings. The maximum atomic E-state index is 12.8. The molecule has 1 atom stereocenters. The number of carbonyl (C=O) groups excluding carboxylic acids is 3. The van der Waals surface area contributed by atoms with Crippen LogP contribution in [0.1, 0.15) is 323 Å². The molecule has 0 rings (SSSR count). The van der Waals surface area contributed by atoms with Crippen molar-refractivity contribution < 1.29 is 28.6 Å². The molecule has 0 amide bonds. The predicted molar refractivity (Wildman–Crippen MR) is 284 cm³/mol. The molecule has 0 aliphatic heterocycles. The van der Waals surface area contributed by atoms with Crippen molar-refractivity contribution in [3.8, 4) is 0 Å². The zero-order chi connectivity index (χ0) is 47.9. The Kier molecular flexibility index (Phi) is 53.7. The lowest BCUT2D eigenvalue weighted by Gasteiger charge is -2.18. The lowest BCUT2D eigenvalue weighted by molar-refractivity contribution is -0.167. The summed E-state index contributed by atoms with van der Waals surface area (Å²) in [6.45, 7) is 6.64. The summed E-state index contributed by atoms with van der Waals surface area (Å²) in [5, 5.41) is 0. The van der Waals surface area contributed by atoms with Gasteiger partial charge in [-0.1, -0.05) is 257 Å². The molecule has 0 aromatic heterocycles. The fourth-order valence-corrected chi connectivity index (χ4v) is 8.73. The summed E-state index contributed by atoms with van der Waals surface area (Å²) >= 11 is 0. The van der Waals surface area contributed by atoms with Gasteiger partial charge in [-0.05, 0) is 70.6 Å². The second-order valence-corrected chi connectivity index (χ2v) is 19.9. The third-order valence-corrected chi connectivity index (χ3v) is 13.2. The Labute approximate surface area is 411 Å². The van der Waals surface area contributed by atoms with E-state index in [1.165, 1.54) is 218 Å². The molecular formula is C60H112O6. The van der Waals surface area contributed by atoms with Crippen LogP contribution in [0.3, 0.4) is 0 Å². The van der Waals surface area contributed by atoms with Crippen molar-refractivity contribution in [2.24, 2.45) is 0 Å². The quantitative estimate of drug-likeness (QED) is 0.0262. The summed E-state index contributed by atoms with van der Waals surface area (Å²) in [4.78, 5) is 38.0. The molecule has 0 aliphatic carbocycles. The maximum absolute atomic E-state index is 12.8. The number of carbonyl (C=O) groups is 3. The average Bonchev–Trinajstić information content (AvgIpc) is 3.31. The Hall–Kier alpha value is -2.11. The van der Waals surface area contributed by atoms with Gasteiger partial charge in [0.2, 0.25) is 0 Å². The van der Waals surface area contributed by atoms with E-state index in [-0.39, 0.29) is 31.1 Å². The molecular weight excluding hydrogens is 817 g/mol. The first kappa shape index (κ1) is 63.9. The first-order chi connectivity index (χ1) is 32.5. The van der Waals surface area contributed by atoms with E-state index in [0.29, 0.717) is 19.3 Å². The van der Waals surface area contributed by atoms with E-state index in [1.807, 2.05) is 0 Å². The fourth-order valence-electron chi connectivity index (χ4n) is 8.73. The second-order valence-electron chi connectivity index (χ2n) is 19.9. The summed E-state index contributed by atoms with van der Waals surface area (Å²) in [7, 11) is 0. The van der Waals surface area contributed by atoms with Gasteiger partial charge in [0.1, 0.15) is 13.2 Å². The summed E-state index contributed by atoms with van der Waals surface area (Å²) < 4.78 is 16.8. The van der Waals surface area contributed by atoms with Crippen LogP contribution in [0, 0.1) is 0 Å². The van der Waals surface area contributed by atoms with E-state index >= 15 is 0 Å². The van der Waals surface area contributed by atoms with Crippen LogP contribution in [0.4, 0.5) is 0 Å². The number of esters is 3. The van der Waals surface area contributed by atoms with Crippen molar-refractivity contribution in [2.45, 2.75) is 329 Å². The van der Waals surface area contributed by atoms with Gasteiger partial charge in [-0.2, -0.15) is 0 Å². The topological polar surface area (TPSA) is 78.9 Å². The Morgan fingerprint density at radius 2 is 0.500 bits per heavy atom. The van der Waals surface area contributed by atoms with Crippen LogP contribution in [0.2, 0.25) is 0 Å². The van der Waals surface area contributed by atoms with Crippen LogP contribution in [-0.2, 0) is 28.6 Å². The number of rotatable bonds is 54. The lowest BCUT2D eigenvalue weighted by atomic mass is 10.0. The summed E-state index contributed by atoms with van der Waals surface area (Å²) in [5.41, 5.74) is 0. The molecule has 6 nitrogen and oxygen atoms in total. The zero-order valence-electron chi connectivity index (χ0n) is 44.5. The van der Waals surface area contributed by atoms with Crippen LogP contribution in [0.15, 0.2) is 24.3 Å². The molecule has 0 aromatic carbocycles. The average molecular weight is 930 g/mol.